The predicted octanol–water partition coefficient (Wildman–Crippen LogP) is 2.60. The molecule has 0 saturated heterocycles. The molecule has 2 aromatic rings. The smallest absolute Gasteiger partial charge is 0.319 e. The molecular weight excluding hydrogens is 313 g/mol. The number of hydrogen-bond donors (Lipinski definition) is 2. The Balaban J connectivity index is 2.42. The van der Waals surface area contributed by atoms with Gasteiger partial charge < -0.3 is 10.4 Å². The molecule has 2 rings (SSSR count). The number of non-ortho nitro benzene ring substituents is 1. The zero-order chi connectivity index (χ0) is 17.1. The second-order valence-corrected chi connectivity index (χ2v) is 4.34. The van der Waals surface area contributed by atoms with Crippen LogP contribution in [0.1, 0.15) is 10.4 Å². The van der Waals surface area contributed by atoms with Gasteiger partial charge in [0, 0.05) is 11.6 Å². The van der Waals surface area contributed by atoms with Crippen LogP contribution in [0.3, 0.4) is 0 Å². The van der Waals surface area contributed by atoms with Crippen LogP contribution >= 0.6 is 0 Å². The molecule has 0 heterocycles. The summed E-state index contributed by atoms with van der Waals surface area (Å²) in [5.74, 6) is -2.32. The van der Waals surface area contributed by atoms with Crippen molar-refractivity contribution in [1.82, 2.24) is 0 Å². The van der Waals surface area contributed by atoms with Gasteiger partial charge in [0.25, 0.3) is 11.6 Å². The Morgan fingerprint density at radius 2 is 1.70 bits per heavy atom. The molecule has 0 aliphatic carbocycles. The van der Waals surface area contributed by atoms with Gasteiger partial charge in [-0.3, -0.25) is 25.0 Å². The minimum atomic E-state index is -1.02. The van der Waals surface area contributed by atoms with Gasteiger partial charge in [0.2, 0.25) is 5.75 Å². The lowest BCUT2D eigenvalue weighted by Crippen LogP contribution is -2.12. The molecule has 0 saturated carbocycles. The van der Waals surface area contributed by atoms with Gasteiger partial charge in [0.05, 0.1) is 21.6 Å². The number of phenolic OH excluding ortho intramolecular Hbond substituents is 1. The standard InChI is InChI=1S/C13H8FN3O6/c14-8-3-1-7(2-4-8)13(19)15-10-5-9(16(20)21)6-11(12(10)18)17(22)23/h1-6,18H,(H,15,19). The highest BCUT2D eigenvalue weighted by Gasteiger charge is 2.25. The minimum Gasteiger partial charge on any atom is -0.501 e. The summed E-state index contributed by atoms with van der Waals surface area (Å²) >= 11 is 0. The summed E-state index contributed by atoms with van der Waals surface area (Å²) < 4.78 is 12.8. The maximum absolute atomic E-state index is 12.8. The van der Waals surface area contributed by atoms with E-state index in [-0.39, 0.29) is 5.56 Å². The van der Waals surface area contributed by atoms with Crippen molar-refractivity contribution in [3.05, 3.63) is 68.0 Å². The number of anilines is 1. The zero-order valence-electron chi connectivity index (χ0n) is 11.2. The third kappa shape index (κ3) is 3.37. The molecule has 0 fully saturated rings. The van der Waals surface area contributed by atoms with Crippen LogP contribution in [0, 0.1) is 26.0 Å². The fourth-order valence-electron chi connectivity index (χ4n) is 1.74. The van der Waals surface area contributed by atoms with Crippen molar-refractivity contribution in [2.75, 3.05) is 5.32 Å². The number of carbonyl (C=O) groups excluding carboxylic acids is 1. The van der Waals surface area contributed by atoms with Crippen molar-refractivity contribution in [1.29, 1.82) is 0 Å². The number of phenols is 1. The van der Waals surface area contributed by atoms with Gasteiger partial charge in [-0.2, -0.15) is 0 Å². The molecule has 2 N–H and O–H groups in total. The summed E-state index contributed by atoms with van der Waals surface area (Å²) in [5.41, 5.74) is -2.10. The second kappa shape index (κ2) is 6.05. The largest absolute Gasteiger partial charge is 0.501 e. The van der Waals surface area contributed by atoms with Crippen molar-refractivity contribution in [2.24, 2.45) is 0 Å². The van der Waals surface area contributed by atoms with Crippen LogP contribution in [0.4, 0.5) is 21.5 Å². The van der Waals surface area contributed by atoms with Gasteiger partial charge in [-0.1, -0.05) is 0 Å². The summed E-state index contributed by atoms with van der Waals surface area (Å²) in [4.78, 5) is 31.6. The molecule has 23 heavy (non-hydrogen) atoms. The third-order valence-corrected chi connectivity index (χ3v) is 2.84. The van der Waals surface area contributed by atoms with E-state index >= 15 is 0 Å². The molecule has 0 bridgehead atoms. The summed E-state index contributed by atoms with van der Waals surface area (Å²) in [7, 11) is 0. The second-order valence-electron chi connectivity index (χ2n) is 4.34. The fraction of sp³-hybridized carbons (Fsp3) is 0. The molecular formula is C13H8FN3O6. The minimum absolute atomic E-state index is 0.0000378. The Morgan fingerprint density at radius 1 is 1.09 bits per heavy atom. The topological polar surface area (TPSA) is 136 Å². The van der Waals surface area contributed by atoms with Crippen LogP contribution in [-0.4, -0.2) is 20.9 Å². The first-order chi connectivity index (χ1) is 10.8. The summed E-state index contributed by atoms with van der Waals surface area (Å²) in [6.45, 7) is 0. The highest BCUT2D eigenvalue weighted by atomic mass is 19.1. The van der Waals surface area contributed by atoms with Gasteiger partial charge in [-0.25, -0.2) is 4.39 Å². The van der Waals surface area contributed by atoms with Crippen LogP contribution in [-0.2, 0) is 0 Å². The number of rotatable bonds is 4. The normalized spacial score (nSPS) is 10.1. The van der Waals surface area contributed by atoms with Crippen LogP contribution < -0.4 is 5.32 Å². The van der Waals surface area contributed by atoms with Gasteiger partial charge in [-0.05, 0) is 24.3 Å². The number of aromatic hydroxyl groups is 1. The number of nitro benzene ring substituents is 2. The lowest BCUT2D eigenvalue weighted by Gasteiger charge is -2.07. The molecule has 0 unspecified atom stereocenters. The number of nitrogens with one attached hydrogen (secondary N) is 1. The Morgan fingerprint density at radius 3 is 2.22 bits per heavy atom. The van der Waals surface area contributed by atoms with Crippen LogP contribution in [0.5, 0.6) is 5.75 Å². The Labute approximate surface area is 127 Å². The molecule has 1 amide bonds. The van der Waals surface area contributed by atoms with Crippen molar-refractivity contribution in [2.45, 2.75) is 0 Å². The average Bonchev–Trinajstić information content (AvgIpc) is 2.49. The maximum Gasteiger partial charge on any atom is 0.319 e. The van der Waals surface area contributed by atoms with Crippen molar-refractivity contribution in [3.63, 3.8) is 0 Å². The van der Waals surface area contributed by atoms with E-state index in [2.05, 4.69) is 5.32 Å². The van der Waals surface area contributed by atoms with E-state index in [0.717, 1.165) is 30.3 Å². The lowest BCUT2D eigenvalue weighted by molar-refractivity contribution is -0.394. The third-order valence-electron chi connectivity index (χ3n) is 2.84. The Bertz CT molecular complexity index is 806. The Kier molecular flexibility index (Phi) is 4.16. The molecule has 0 aromatic heterocycles. The van der Waals surface area contributed by atoms with Gasteiger partial charge >= 0.3 is 5.69 Å². The highest BCUT2D eigenvalue weighted by Crippen LogP contribution is 2.38. The van der Waals surface area contributed by atoms with Crippen LogP contribution in [0.15, 0.2) is 36.4 Å². The number of halogens is 1. The fourth-order valence-corrected chi connectivity index (χ4v) is 1.74. The van der Waals surface area contributed by atoms with E-state index in [9.17, 15) is 34.5 Å². The van der Waals surface area contributed by atoms with Crippen molar-refractivity contribution >= 4 is 23.0 Å². The number of benzene rings is 2. The first-order valence-corrected chi connectivity index (χ1v) is 6.02. The van der Waals surface area contributed by atoms with Gasteiger partial charge in [0.15, 0.2) is 0 Å². The first-order valence-electron chi connectivity index (χ1n) is 6.02. The predicted molar refractivity (Wildman–Crippen MR) is 75.8 cm³/mol. The maximum atomic E-state index is 12.8. The number of amides is 1. The highest BCUT2D eigenvalue weighted by molar-refractivity contribution is 6.05. The van der Waals surface area contributed by atoms with E-state index in [1.807, 2.05) is 0 Å². The molecule has 0 atom stereocenters. The lowest BCUT2D eigenvalue weighted by atomic mass is 10.2. The monoisotopic (exact) mass is 321 g/mol. The van der Waals surface area contributed by atoms with Crippen LogP contribution in [0.2, 0.25) is 0 Å². The molecule has 0 aliphatic heterocycles. The van der Waals surface area contributed by atoms with E-state index in [1.165, 1.54) is 0 Å². The Hall–Kier alpha value is -3.56. The molecule has 118 valence electrons. The van der Waals surface area contributed by atoms with E-state index < -0.39 is 44.4 Å². The molecule has 2 aromatic carbocycles. The van der Waals surface area contributed by atoms with Crippen LogP contribution in [0.25, 0.3) is 0 Å². The number of nitro groups is 2. The van der Waals surface area contributed by atoms with E-state index in [0.29, 0.717) is 6.07 Å². The van der Waals surface area contributed by atoms with E-state index in [4.69, 9.17) is 0 Å². The summed E-state index contributed by atoms with van der Waals surface area (Å²) in [6, 6.07) is 5.68. The number of hydrogen-bond acceptors (Lipinski definition) is 6. The SMILES string of the molecule is O=C(Nc1cc([N+](=O)[O-])cc([N+](=O)[O-])c1O)c1ccc(F)cc1. The number of carbonyl (C=O) groups is 1. The average molecular weight is 321 g/mol. The molecule has 0 aliphatic rings. The molecule has 0 radical (unpaired) electrons. The van der Waals surface area contributed by atoms with Gasteiger partial charge in [-0.15, -0.1) is 0 Å². The quantitative estimate of drug-likeness (QED) is 0.504. The number of nitrogens with zero attached hydrogens (tertiary/aromatic N) is 2. The zero-order valence-corrected chi connectivity index (χ0v) is 11.2. The summed E-state index contributed by atoms with van der Waals surface area (Å²) in [6.07, 6.45) is 0. The van der Waals surface area contributed by atoms with E-state index in [1.54, 1.807) is 0 Å². The van der Waals surface area contributed by atoms with Crippen molar-refractivity contribution in [3.8, 4) is 5.75 Å². The molecule has 10 heteroatoms. The first kappa shape index (κ1) is 15.8. The molecule has 0 spiro atoms. The molecule has 9 nitrogen and oxygen atoms in total. The van der Waals surface area contributed by atoms with Gasteiger partial charge in [0.1, 0.15) is 5.82 Å². The summed E-state index contributed by atoms with van der Waals surface area (Å²) in [5, 5.41) is 33.5. The van der Waals surface area contributed by atoms with Crippen molar-refractivity contribution < 1.29 is 24.1 Å².